The lowest BCUT2D eigenvalue weighted by atomic mass is 9.77. The summed E-state index contributed by atoms with van der Waals surface area (Å²) in [6.07, 6.45) is 15.2. The quantitative estimate of drug-likeness (QED) is 0.285. The lowest BCUT2D eigenvalue weighted by Crippen LogP contribution is -2.26. The van der Waals surface area contributed by atoms with Crippen LogP contribution in [0.2, 0.25) is 0 Å². The Balaban J connectivity index is 1.11. The molecule has 0 amide bonds. The molecule has 1 heterocycles. The Labute approximate surface area is 208 Å². The van der Waals surface area contributed by atoms with Crippen LogP contribution in [0, 0.1) is 29.4 Å². The number of halogens is 3. The third-order valence-electron chi connectivity index (χ3n) is 8.88. The molecule has 192 valence electrons. The van der Waals surface area contributed by atoms with Crippen LogP contribution in [-0.2, 0) is 9.47 Å². The SMILES string of the molecule is C/C=C/C1CCC(c2ccc(C3CCC(OCC4C=C(F)C(C5CO5)CC4)CC3)c(F)c2F)CC1. The summed E-state index contributed by atoms with van der Waals surface area (Å²) in [6, 6.07) is 3.69. The van der Waals surface area contributed by atoms with Gasteiger partial charge in [-0.1, -0.05) is 24.3 Å². The van der Waals surface area contributed by atoms with E-state index in [1.807, 2.05) is 19.1 Å². The van der Waals surface area contributed by atoms with E-state index in [0.29, 0.717) is 30.3 Å². The van der Waals surface area contributed by atoms with Crippen molar-refractivity contribution in [1.29, 1.82) is 0 Å². The molecule has 3 fully saturated rings. The van der Waals surface area contributed by atoms with Gasteiger partial charge in [0, 0.05) is 11.8 Å². The first-order valence-corrected chi connectivity index (χ1v) is 13.7. The molecule has 35 heavy (non-hydrogen) atoms. The van der Waals surface area contributed by atoms with Crippen molar-refractivity contribution in [3.8, 4) is 0 Å². The fourth-order valence-electron chi connectivity index (χ4n) is 6.65. The Morgan fingerprint density at radius 2 is 1.46 bits per heavy atom. The van der Waals surface area contributed by atoms with Crippen LogP contribution < -0.4 is 0 Å². The second-order valence-electron chi connectivity index (χ2n) is 11.2. The van der Waals surface area contributed by atoms with Crippen LogP contribution in [0.1, 0.15) is 94.1 Å². The Kier molecular flexibility index (Phi) is 8.03. The van der Waals surface area contributed by atoms with E-state index in [2.05, 4.69) is 12.2 Å². The predicted octanol–water partition coefficient (Wildman–Crippen LogP) is 8.14. The number of benzene rings is 1. The maximum absolute atomic E-state index is 15.1. The van der Waals surface area contributed by atoms with Crippen molar-refractivity contribution in [1.82, 2.24) is 0 Å². The van der Waals surface area contributed by atoms with Gasteiger partial charge in [0.15, 0.2) is 11.6 Å². The molecule has 2 nitrogen and oxygen atoms in total. The number of allylic oxidation sites excluding steroid dienone is 2. The Morgan fingerprint density at radius 1 is 0.857 bits per heavy atom. The van der Waals surface area contributed by atoms with Crippen molar-refractivity contribution >= 4 is 0 Å². The van der Waals surface area contributed by atoms with E-state index in [0.717, 1.165) is 64.2 Å². The molecule has 1 aromatic carbocycles. The number of rotatable bonds is 7. The molecule has 0 bridgehead atoms. The molecule has 5 heteroatoms. The number of hydrogen-bond acceptors (Lipinski definition) is 2. The lowest BCUT2D eigenvalue weighted by molar-refractivity contribution is 0.00789. The van der Waals surface area contributed by atoms with Gasteiger partial charge in [-0.15, -0.1) is 0 Å². The summed E-state index contributed by atoms with van der Waals surface area (Å²) >= 11 is 0. The van der Waals surface area contributed by atoms with Crippen LogP contribution in [0.3, 0.4) is 0 Å². The third kappa shape index (κ3) is 5.88. The van der Waals surface area contributed by atoms with Crippen LogP contribution in [0.25, 0.3) is 0 Å². The van der Waals surface area contributed by atoms with Gasteiger partial charge in [0.2, 0.25) is 0 Å². The number of ether oxygens (including phenoxy) is 2. The van der Waals surface area contributed by atoms with Gasteiger partial charge in [0.1, 0.15) is 5.83 Å². The smallest absolute Gasteiger partial charge is 0.162 e. The van der Waals surface area contributed by atoms with Crippen LogP contribution >= 0.6 is 0 Å². The van der Waals surface area contributed by atoms with E-state index >= 15 is 8.78 Å². The van der Waals surface area contributed by atoms with Gasteiger partial charge >= 0.3 is 0 Å². The molecule has 3 aliphatic carbocycles. The second kappa shape index (κ2) is 11.2. The van der Waals surface area contributed by atoms with Crippen molar-refractivity contribution in [3.63, 3.8) is 0 Å². The van der Waals surface area contributed by atoms with Crippen LogP contribution in [0.15, 0.2) is 36.2 Å². The molecule has 0 aromatic heterocycles. The highest BCUT2D eigenvalue weighted by atomic mass is 19.2. The minimum atomic E-state index is -0.639. The van der Waals surface area contributed by atoms with Gasteiger partial charge in [-0.2, -0.15) is 0 Å². The van der Waals surface area contributed by atoms with Gasteiger partial charge in [0.05, 0.1) is 25.4 Å². The Bertz CT molecular complexity index is 922. The van der Waals surface area contributed by atoms with E-state index in [1.54, 1.807) is 6.08 Å². The highest BCUT2D eigenvalue weighted by Gasteiger charge is 2.38. The standard InChI is InChI=1S/C30H39F3O2/c1-2-3-19-4-7-21(8-5-19)24-14-15-25(30(33)29(24)32)22-9-11-23(12-10-22)34-17-20-6-13-26(27(31)16-20)28-18-35-28/h2-3,14-16,19-23,26,28H,4-13,17-18H2,1H3/b3-2+. The maximum Gasteiger partial charge on any atom is 0.162 e. The zero-order valence-corrected chi connectivity index (χ0v) is 20.9. The fourth-order valence-corrected chi connectivity index (χ4v) is 6.65. The monoisotopic (exact) mass is 488 g/mol. The molecule has 2 saturated carbocycles. The summed E-state index contributed by atoms with van der Waals surface area (Å²) < 4.78 is 56.0. The number of hydrogen-bond donors (Lipinski definition) is 0. The van der Waals surface area contributed by atoms with Crippen molar-refractivity contribution in [2.24, 2.45) is 17.8 Å². The summed E-state index contributed by atoms with van der Waals surface area (Å²) in [4.78, 5) is 0. The molecule has 3 atom stereocenters. The maximum atomic E-state index is 15.1. The molecule has 3 unspecified atom stereocenters. The minimum absolute atomic E-state index is 0.0372. The highest BCUT2D eigenvalue weighted by Crippen LogP contribution is 2.42. The second-order valence-corrected chi connectivity index (χ2v) is 11.2. The molecule has 1 saturated heterocycles. The summed E-state index contributed by atoms with van der Waals surface area (Å²) in [6.45, 7) is 3.25. The summed E-state index contributed by atoms with van der Waals surface area (Å²) in [5.74, 6) is -0.515. The lowest BCUT2D eigenvalue weighted by Gasteiger charge is -2.31. The van der Waals surface area contributed by atoms with E-state index in [1.165, 1.54) is 0 Å². The molecule has 0 N–H and O–H groups in total. The summed E-state index contributed by atoms with van der Waals surface area (Å²) in [5.41, 5.74) is 1.09. The molecule has 1 aliphatic heterocycles. The van der Waals surface area contributed by atoms with Gasteiger partial charge in [0.25, 0.3) is 0 Å². The zero-order valence-electron chi connectivity index (χ0n) is 20.9. The molecule has 0 spiro atoms. The van der Waals surface area contributed by atoms with Crippen molar-refractivity contribution in [2.75, 3.05) is 13.2 Å². The first kappa shape index (κ1) is 25.1. The van der Waals surface area contributed by atoms with E-state index < -0.39 is 11.6 Å². The number of epoxide rings is 1. The third-order valence-corrected chi connectivity index (χ3v) is 8.88. The molecule has 4 aliphatic rings. The van der Waals surface area contributed by atoms with Crippen LogP contribution in [0.5, 0.6) is 0 Å². The van der Waals surface area contributed by atoms with Crippen molar-refractivity contribution < 1.29 is 22.6 Å². The zero-order chi connectivity index (χ0) is 24.4. The predicted molar refractivity (Wildman–Crippen MR) is 132 cm³/mol. The topological polar surface area (TPSA) is 21.8 Å². The first-order valence-electron chi connectivity index (χ1n) is 13.7. The fraction of sp³-hybridized carbons (Fsp3) is 0.667. The van der Waals surface area contributed by atoms with Crippen molar-refractivity contribution in [2.45, 2.75) is 95.2 Å². The first-order chi connectivity index (χ1) is 17.0. The van der Waals surface area contributed by atoms with E-state index in [4.69, 9.17) is 9.47 Å². The van der Waals surface area contributed by atoms with Crippen LogP contribution in [0.4, 0.5) is 13.2 Å². The minimum Gasteiger partial charge on any atom is -0.378 e. The van der Waals surface area contributed by atoms with Gasteiger partial charge in [-0.25, -0.2) is 13.2 Å². The molecule has 5 rings (SSSR count). The van der Waals surface area contributed by atoms with E-state index in [9.17, 15) is 4.39 Å². The summed E-state index contributed by atoms with van der Waals surface area (Å²) in [7, 11) is 0. The highest BCUT2D eigenvalue weighted by molar-refractivity contribution is 5.32. The van der Waals surface area contributed by atoms with Crippen LogP contribution in [-0.4, -0.2) is 25.4 Å². The Hall–Kier alpha value is -1.59. The van der Waals surface area contributed by atoms with Gasteiger partial charge < -0.3 is 9.47 Å². The molecule has 1 aromatic rings. The average molecular weight is 489 g/mol. The van der Waals surface area contributed by atoms with Gasteiger partial charge in [-0.05, 0) is 106 Å². The summed E-state index contributed by atoms with van der Waals surface area (Å²) in [5, 5.41) is 0. The largest absolute Gasteiger partial charge is 0.378 e. The Morgan fingerprint density at radius 3 is 2.00 bits per heavy atom. The van der Waals surface area contributed by atoms with E-state index in [-0.39, 0.29) is 41.7 Å². The molecular formula is C30H39F3O2. The normalized spacial score (nSPS) is 35.8. The average Bonchev–Trinajstić information content (AvgIpc) is 3.71. The molecular weight excluding hydrogens is 449 g/mol. The van der Waals surface area contributed by atoms with Crippen molar-refractivity contribution in [3.05, 3.63) is 58.9 Å². The van der Waals surface area contributed by atoms with Gasteiger partial charge in [-0.3, -0.25) is 0 Å². The molecule has 0 radical (unpaired) electrons.